The van der Waals surface area contributed by atoms with Gasteiger partial charge in [-0.05, 0) is 36.8 Å². The monoisotopic (exact) mass is 275 g/mol. The normalized spacial score (nSPS) is 10.2. The number of pyridine rings is 1. The molecule has 2 aromatic rings. The standard InChI is InChI=1S/C14H13NO3S/c1-9-5-6-10(8-11(9)14(16)17)19-13-12(18-2)4-3-7-15-13/h3-8H,1-2H3,(H,16,17). The zero-order valence-electron chi connectivity index (χ0n) is 10.6. The van der Waals surface area contributed by atoms with Crippen molar-refractivity contribution < 1.29 is 14.6 Å². The Morgan fingerprint density at radius 2 is 2.16 bits per heavy atom. The highest BCUT2D eigenvalue weighted by Crippen LogP contribution is 2.33. The summed E-state index contributed by atoms with van der Waals surface area (Å²) in [6, 6.07) is 8.93. The van der Waals surface area contributed by atoms with Gasteiger partial charge in [0.05, 0.1) is 12.7 Å². The lowest BCUT2D eigenvalue weighted by molar-refractivity contribution is 0.0696. The zero-order valence-corrected chi connectivity index (χ0v) is 11.4. The van der Waals surface area contributed by atoms with E-state index in [0.717, 1.165) is 10.5 Å². The maximum absolute atomic E-state index is 11.1. The smallest absolute Gasteiger partial charge is 0.335 e. The predicted molar refractivity (Wildman–Crippen MR) is 73.1 cm³/mol. The molecule has 4 nitrogen and oxygen atoms in total. The molecule has 2 rings (SSSR count). The maximum Gasteiger partial charge on any atom is 0.335 e. The van der Waals surface area contributed by atoms with Gasteiger partial charge in [0.1, 0.15) is 5.03 Å². The fourth-order valence-electron chi connectivity index (χ4n) is 1.61. The largest absolute Gasteiger partial charge is 0.494 e. The molecule has 1 aromatic carbocycles. The van der Waals surface area contributed by atoms with E-state index in [-0.39, 0.29) is 0 Å². The number of benzene rings is 1. The Bertz CT molecular complexity index is 613. The fraction of sp³-hybridized carbons (Fsp3) is 0.143. The van der Waals surface area contributed by atoms with Gasteiger partial charge in [-0.3, -0.25) is 0 Å². The third kappa shape index (κ3) is 3.06. The minimum absolute atomic E-state index is 0.305. The number of rotatable bonds is 4. The van der Waals surface area contributed by atoms with Crippen molar-refractivity contribution in [2.24, 2.45) is 0 Å². The van der Waals surface area contributed by atoms with E-state index in [9.17, 15) is 4.79 Å². The lowest BCUT2D eigenvalue weighted by Gasteiger charge is -2.08. The van der Waals surface area contributed by atoms with E-state index in [1.54, 1.807) is 38.4 Å². The van der Waals surface area contributed by atoms with Gasteiger partial charge in [-0.1, -0.05) is 17.8 Å². The Kier molecular flexibility index (Phi) is 4.06. The summed E-state index contributed by atoms with van der Waals surface area (Å²) >= 11 is 1.38. The molecule has 0 radical (unpaired) electrons. The molecule has 0 aliphatic heterocycles. The topological polar surface area (TPSA) is 59.4 Å². The molecule has 0 fully saturated rings. The van der Waals surface area contributed by atoms with Crippen LogP contribution in [0.1, 0.15) is 15.9 Å². The van der Waals surface area contributed by atoms with E-state index in [2.05, 4.69) is 4.98 Å². The number of carboxylic acid groups (broad SMARTS) is 1. The van der Waals surface area contributed by atoms with Gasteiger partial charge in [-0.25, -0.2) is 9.78 Å². The van der Waals surface area contributed by atoms with Gasteiger partial charge in [0.15, 0.2) is 5.75 Å². The molecule has 1 N–H and O–H groups in total. The first-order valence-corrected chi connectivity index (χ1v) is 6.44. The van der Waals surface area contributed by atoms with E-state index < -0.39 is 5.97 Å². The van der Waals surface area contributed by atoms with E-state index in [1.165, 1.54) is 11.8 Å². The van der Waals surface area contributed by atoms with Crippen molar-refractivity contribution in [3.05, 3.63) is 47.7 Å². The van der Waals surface area contributed by atoms with Crippen LogP contribution < -0.4 is 4.74 Å². The molecule has 98 valence electrons. The van der Waals surface area contributed by atoms with Gasteiger partial charge in [0, 0.05) is 11.1 Å². The SMILES string of the molecule is COc1cccnc1Sc1ccc(C)c(C(=O)O)c1. The van der Waals surface area contributed by atoms with Crippen molar-refractivity contribution in [1.82, 2.24) is 4.98 Å². The average molecular weight is 275 g/mol. The Morgan fingerprint density at radius 3 is 2.84 bits per heavy atom. The molecule has 0 aliphatic carbocycles. The summed E-state index contributed by atoms with van der Waals surface area (Å²) in [5.41, 5.74) is 1.05. The van der Waals surface area contributed by atoms with Crippen LogP contribution in [-0.4, -0.2) is 23.2 Å². The van der Waals surface area contributed by atoms with Crippen LogP contribution >= 0.6 is 11.8 Å². The Balaban J connectivity index is 2.33. The third-order valence-electron chi connectivity index (χ3n) is 2.61. The summed E-state index contributed by atoms with van der Waals surface area (Å²) in [5.74, 6) is -0.252. The number of ether oxygens (including phenoxy) is 1. The highest BCUT2D eigenvalue weighted by Gasteiger charge is 2.10. The van der Waals surface area contributed by atoms with E-state index in [4.69, 9.17) is 9.84 Å². The third-order valence-corrected chi connectivity index (χ3v) is 3.60. The van der Waals surface area contributed by atoms with Gasteiger partial charge in [-0.15, -0.1) is 0 Å². The van der Waals surface area contributed by atoms with Crippen molar-refractivity contribution in [1.29, 1.82) is 0 Å². The molecule has 0 saturated heterocycles. The molecular weight excluding hydrogens is 262 g/mol. The highest BCUT2D eigenvalue weighted by molar-refractivity contribution is 7.99. The van der Waals surface area contributed by atoms with Crippen LogP contribution in [0.3, 0.4) is 0 Å². The lowest BCUT2D eigenvalue weighted by Crippen LogP contribution is -1.99. The number of methoxy groups -OCH3 is 1. The summed E-state index contributed by atoms with van der Waals surface area (Å²) in [6.45, 7) is 1.78. The van der Waals surface area contributed by atoms with Gasteiger partial charge in [-0.2, -0.15) is 0 Å². The number of carbonyl (C=O) groups is 1. The molecule has 0 aliphatic rings. The number of carboxylic acids is 1. The molecule has 1 aromatic heterocycles. The first kappa shape index (κ1) is 13.4. The summed E-state index contributed by atoms with van der Waals surface area (Å²) in [7, 11) is 1.58. The quantitative estimate of drug-likeness (QED) is 0.928. The Labute approximate surface area is 115 Å². The number of aryl methyl sites for hydroxylation is 1. The van der Waals surface area contributed by atoms with Crippen molar-refractivity contribution >= 4 is 17.7 Å². The average Bonchev–Trinajstić information content (AvgIpc) is 2.41. The van der Waals surface area contributed by atoms with Crippen LogP contribution in [0, 0.1) is 6.92 Å². The van der Waals surface area contributed by atoms with Gasteiger partial charge < -0.3 is 9.84 Å². The molecule has 0 amide bonds. The van der Waals surface area contributed by atoms with Crippen molar-refractivity contribution in [3.8, 4) is 5.75 Å². The first-order valence-electron chi connectivity index (χ1n) is 5.62. The van der Waals surface area contributed by atoms with Gasteiger partial charge in [0.2, 0.25) is 0 Å². The number of hydrogen-bond donors (Lipinski definition) is 1. The van der Waals surface area contributed by atoms with E-state index in [1.807, 2.05) is 12.1 Å². The second-order valence-corrected chi connectivity index (χ2v) is 4.96. The molecule has 5 heteroatoms. The molecule has 0 spiro atoms. The molecule has 0 bridgehead atoms. The van der Waals surface area contributed by atoms with Crippen LogP contribution in [0.2, 0.25) is 0 Å². The van der Waals surface area contributed by atoms with E-state index in [0.29, 0.717) is 16.3 Å². The Morgan fingerprint density at radius 1 is 1.37 bits per heavy atom. The van der Waals surface area contributed by atoms with Gasteiger partial charge in [0.25, 0.3) is 0 Å². The van der Waals surface area contributed by atoms with Gasteiger partial charge >= 0.3 is 5.97 Å². The minimum Gasteiger partial charge on any atom is -0.494 e. The van der Waals surface area contributed by atoms with Crippen LogP contribution in [0.25, 0.3) is 0 Å². The van der Waals surface area contributed by atoms with Crippen molar-refractivity contribution in [2.45, 2.75) is 16.8 Å². The molecular formula is C14H13NO3S. The summed E-state index contributed by atoms with van der Waals surface area (Å²) in [4.78, 5) is 16.2. The van der Waals surface area contributed by atoms with E-state index >= 15 is 0 Å². The number of aromatic nitrogens is 1. The summed E-state index contributed by atoms with van der Waals surface area (Å²) in [6.07, 6.45) is 1.68. The summed E-state index contributed by atoms with van der Waals surface area (Å²) in [5, 5.41) is 9.82. The Hall–Kier alpha value is -2.01. The number of aromatic carboxylic acids is 1. The zero-order chi connectivity index (χ0) is 13.8. The highest BCUT2D eigenvalue weighted by atomic mass is 32.2. The minimum atomic E-state index is -0.923. The number of hydrogen-bond acceptors (Lipinski definition) is 4. The lowest BCUT2D eigenvalue weighted by atomic mass is 10.1. The maximum atomic E-state index is 11.1. The van der Waals surface area contributed by atoms with Crippen LogP contribution in [0.15, 0.2) is 46.5 Å². The molecule has 1 heterocycles. The second-order valence-electron chi connectivity index (χ2n) is 3.89. The second kappa shape index (κ2) is 5.75. The predicted octanol–water partition coefficient (Wildman–Crippen LogP) is 3.25. The van der Waals surface area contributed by atoms with Crippen LogP contribution in [0.4, 0.5) is 0 Å². The molecule has 0 saturated carbocycles. The fourth-order valence-corrected chi connectivity index (χ4v) is 2.52. The molecule has 0 unspecified atom stereocenters. The first-order chi connectivity index (χ1) is 9.11. The number of nitrogens with zero attached hydrogens (tertiary/aromatic N) is 1. The molecule has 0 atom stereocenters. The van der Waals surface area contributed by atoms with Crippen LogP contribution in [0.5, 0.6) is 5.75 Å². The van der Waals surface area contributed by atoms with Crippen molar-refractivity contribution in [3.63, 3.8) is 0 Å². The van der Waals surface area contributed by atoms with Crippen molar-refractivity contribution in [2.75, 3.05) is 7.11 Å². The van der Waals surface area contributed by atoms with Crippen LogP contribution in [-0.2, 0) is 0 Å². The summed E-state index contributed by atoms with van der Waals surface area (Å²) < 4.78 is 5.22. The molecule has 19 heavy (non-hydrogen) atoms.